The topological polar surface area (TPSA) is 57.8 Å². The van der Waals surface area contributed by atoms with Crippen molar-refractivity contribution in [1.29, 1.82) is 0 Å². The van der Waals surface area contributed by atoms with Crippen LogP contribution in [0.15, 0.2) is 24.3 Å². The van der Waals surface area contributed by atoms with Crippen molar-refractivity contribution < 1.29 is 4.79 Å². The molecule has 0 atom stereocenters. The van der Waals surface area contributed by atoms with Gasteiger partial charge in [0.25, 0.3) is 5.91 Å². The van der Waals surface area contributed by atoms with Crippen molar-refractivity contribution in [3.05, 3.63) is 46.8 Å². The molecule has 0 aliphatic heterocycles. The summed E-state index contributed by atoms with van der Waals surface area (Å²) in [4.78, 5) is 12.2. The van der Waals surface area contributed by atoms with E-state index in [2.05, 4.69) is 15.5 Å². The lowest BCUT2D eigenvalue weighted by atomic mass is 10.1. The summed E-state index contributed by atoms with van der Waals surface area (Å²) in [5.41, 5.74) is 4.65. The minimum atomic E-state index is -0.122. The molecule has 1 amide bonds. The molecule has 0 spiro atoms. The molecule has 4 nitrogen and oxygen atoms in total. The molecule has 0 saturated heterocycles. The van der Waals surface area contributed by atoms with Gasteiger partial charge >= 0.3 is 0 Å². The van der Waals surface area contributed by atoms with Crippen LogP contribution in [0.1, 0.15) is 33.7 Å². The minimum absolute atomic E-state index is 0.122. The Balaban J connectivity index is 1.85. The van der Waals surface area contributed by atoms with Crippen molar-refractivity contribution in [3.8, 4) is 0 Å². The van der Waals surface area contributed by atoms with E-state index in [1.165, 1.54) is 0 Å². The van der Waals surface area contributed by atoms with Gasteiger partial charge in [-0.1, -0.05) is 18.2 Å². The van der Waals surface area contributed by atoms with Crippen molar-refractivity contribution >= 4 is 11.6 Å². The van der Waals surface area contributed by atoms with E-state index in [1.54, 1.807) is 0 Å². The molecule has 18 heavy (non-hydrogen) atoms. The van der Waals surface area contributed by atoms with Gasteiger partial charge in [0.1, 0.15) is 0 Å². The summed E-state index contributed by atoms with van der Waals surface area (Å²) < 4.78 is 0. The SMILES string of the molecule is Cc1ccccc1NC(=O)c1n[nH]c2c1CCC2. The number of aryl methyl sites for hydroxylation is 2. The predicted molar refractivity (Wildman–Crippen MR) is 69.7 cm³/mol. The smallest absolute Gasteiger partial charge is 0.276 e. The lowest BCUT2D eigenvalue weighted by Gasteiger charge is -2.07. The van der Waals surface area contributed by atoms with Crippen molar-refractivity contribution in [2.45, 2.75) is 26.2 Å². The number of rotatable bonds is 2. The van der Waals surface area contributed by atoms with Crippen molar-refractivity contribution in [2.24, 2.45) is 0 Å². The van der Waals surface area contributed by atoms with Crippen LogP contribution in [0.5, 0.6) is 0 Å². The lowest BCUT2D eigenvalue weighted by Crippen LogP contribution is -2.14. The van der Waals surface area contributed by atoms with E-state index in [4.69, 9.17) is 0 Å². The van der Waals surface area contributed by atoms with Gasteiger partial charge in [-0.3, -0.25) is 9.89 Å². The van der Waals surface area contributed by atoms with Gasteiger partial charge in [-0.2, -0.15) is 5.10 Å². The second-order valence-electron chi connectivity index (χ2n) is 4.65. The zero-order valence-corrected chi connectivity index (χ0v) is 10.3. The van der Waals surface area contributed by atoms with Gasteiger partial charge in [0, 0.05) is 16.9 Å². The molecule has 0 radical (unpaired) electrons. The summed E-state index contributed by atoms with van der Waals surface area (Å²) in [5.74, 6) is -0.122. The highest BCUT2D eigenvalue weighted by atomic mass is 16.1. The first-order valence-corrected chi connectivity index (χ1v) is 6.19. The molecule has 1 heterocycles. The molecule has 0 fully saturated rings. The lowest BCUT2D eigenvalue weighted by molar-refractivity contribution is 0.102. The Bertz CT molecular complexity index is 601. The Morgan fingerprint density at radius 1 is 1.33 bits per heavy atom. The van der Waals surface area contributed by atoms with Crippen LogP contribution in [0.25, 0.3) is 0 Å². The quantitative estimate of drug-likeness (QED) is 0.848. The number of carbonyl (C=O) groups is 1. The fourth-order valence-electron chi connectivity index (χ4n) is 2.40. The maximum Gasteiger partial charge on any atom is 0.276 e. The molecular weight excluding hydrogens is 226 g/mol. The molecular formula is C14H15N3O. The second kappa shape index (κ2) is 4.29. The number of aromatic nitrogens is 2. The normalized spacial score (nSPS) is 13.4. The van der Waals surface area contributed by atoms with Gasteiger partial charge in [-0.05, 0) is 37.8 Å². The number of nitrogens with zero attached hydrogens (tertiary/aromatic N) is 1. The number of anilines is 1. The van der Waals surface area contributed by atoms with Crippen LogP contribution in [0.3, 0.4) is 0 Å². The van der Waals surface area contributed by atoms with Gasteiger partial charge < -0.3 is 5.32 Å². The Morgan fingerprint density at radius 3 is 3.00 bits per heavy atom. The van der Waals surface area contributed by atoms with Crippen molar-refractivity contribution in [3.63, 3.8) is 0 Å². The van der Waals surface area contributed by atoms with Gasteiger partial charge in [0.15, 0.2) is 5.69 Å². The molecule has 0 unspecified atom stereocenters. The number of amides is 1. The van der Waals surface area contributed by atoms with E-state index < -0.39 is 0 Å². The zero-order chi connectivity index (χ0) is 12.5. The molecule has 2 N–H and O–H groups in total. The first kappa shape index (κ1) is 11.0. The van der Waals surface area contributed by atoms with Gasteiger partial charge in [0.05, 0.1) is 0 Å². The summed E-state index contributed by atoms with van der Waals surface area (Å²) in [6.45, 7) is 1.98. The van der Waals surface area contributed by atoms with E-state index in [0.29, 0.717) is 5.69 Å². The van der Waals surface area contributed by atoms with Gasteiger partial charge in [0.2, 0.25) is 0 Å². The van der Waals surface area contributed by atoms with Crippen molar-refractivity contribution in [1.82, 2.24) is 10.2 Å². The Hall–Kier alpha value is -2.10. The van der Waals surface area contributed by atoms with E-state index >= 15 is 0 Å². The van der Waals surface area contributed by atoms with Gasteiger partial charge in [-0.25, -0.2) is 0 Å². The highest BCUT2D eigenvalue weighted by Gasteiger charge is 2.23. The van der Waals surface area contributed by atoms with Crippen LogP contribution >= 0.6 is 0 Å². The monoisotopic (exact) mass is 241 g/mol. The number of hydrogen-bond acceptors (Lipinski definition) is 2. The number of para-hydroxylation sites is 1. The Kier molecular flexibility index (Phi) is 2.63. The molecule has 0 saturated carbocycles. The van der Waals surface area contributed by atoms with E-state index in [1.807, 2.05) is 31.2 Å². The predicted octanol–water partition coefficient (Wildman–Crippen LogP) is 2.46. The number of H-pyrrole nitrogens is 1. The van der Waals surface area contributed by atoms with Crippen LogP contribution < -0.4 is 5.32 Å². The minimum Gasteiger partial charge on any atom is -0.320 e. The average Bonchev–Trinajstić information content (AvgIpc) is 2.93. The number of fused-ring (bicyclic) bond motifs is 1. The summed E-state index contributed by atoms with van der Waals surface area (Å²) in [6, 6.07) is 7.75. The molecule has 1 aliphatic carbocycles. The average molecular weight is 241 g/mol. The third-order valence-corrected chi connectivity index (χ3v) is 3.41. The van der Waals surface area contributed by atoms with E-state index in [0.717, 1.165) is 41.8 Å². The van der Waals surface area contributed by atoms with Crippen LogP contribution in [0.4, 0.5) is 5.69 Å². The highest BCUT2D eigenvalue weighted by molar-refractivity contribution is 6.04. The zero-order valence-electron chi connectivity index (χ0n) is 10.3. The molecule has 0 bridgehead atoms. The third-order valence-electron chi connectivity index (χ3n) is 3.41. The highest BCUT2D eigenvalue weighted by Crippen LogP contribution is 2.23. The van der Waals surface area contributed by atoms with Crippen LogP contribution in [0.2, 0.25) is 0 Å². The number of benzene rings is 1. The first-order chi connectivity index (χ1) is 8.75. The van der Waals surface area contributed by atoms with Gasteiger partial charge in [-0.15, -0.1) is 0 Å². The number of hydrogen-bond donors (Lipinski definition) is 2. The number of carbonyl (C=O) groups excluding carboxylic acids is 1. The summed E-state index contributed by atoms with van der Waals surface area (Å²) in [7, 11) is 0. The molecule has 2 aromatic rings. The number of nitrogens with one attached hydrogen (secondary N) is 2. The molecule has 92 valence electrons. The summed E-state index contributed by atoms with van der Waals surface area (Å²) in [5, 5.41) is 10.0. The Morgan fingerprint density at radius 2 is 2.17 bits per heavy atom. The van der Waals surface area contributed by atoms with Crippen LogP contribution in [-0.4, -0.2) is 16.1 Å². The van der Waals surface area contributed by atoms with E-state index in [9.17, 15) is 4.79 Å². The summed E-state index contributed by atoms with van der Waals surface area (Å²) in [6.07, 6.45) is 3.05. The number of aromatic amines is 1. The van der Waals surface area contributed by atoms with E-state index in [-0.39, 0.29) is 5.91 Å². The first-order valence-electron chi connectivity index (χ1n) is 6.19. The van der Waals surface area contributed by atoms with Crippen molar-refractivity contribution in [2.75, 3.05) is 5.32 Å². The third kappa shape index (κ3) is 1.79. The van der Waals surface area contributed by atoms with Crippen LogP contribution in [-0.2, 0) is 12.8 Å². The standard InChI is InChI=1S/C14H15N3O/c1-9-5-2-3-7-11(9)15-14(18)13-10-6-4-8-12(10)16-17-13/h2-3,5,7H,4,6,8H2,1H3,(H,15,18)(H,16,17). The second-order valence-corrected chi connectivity index (χ2v) is 4.65. The molecule has 1 aromatic carbocycles. The van der Waals surface area contributed by atoms with Crippen LogP contribution in [0, 0.1) is 6.92 Å². The molecule has 1 aromatic heterocycles. The molecule has 3 rings (SSSR count). The fraction of sp³-hybridized carbons (Fsp3) is 0.286. The molecule has 1 aliphatic rings. The fourth-order valence-corrected chi connectivity index (χ4v) is 2.40. The summed E-state index contributed by atoms with van der Waals surface area (Å²) >= 11 is 0. The molecule has 4 heteroatoms. The maximum absolute atomic E-state index is 12.2. The maximum atomic E-state index is 12.2. The Labute approximate surface area is 105 Å². The largest absolute Gasteiger partial charge is 0.320 e.